The van der Waals surface area contributed by atoms with E-state index in [-0.39, 0.29) is 5.75 Å². The smallest absolute Gasteiger partial charge is 0.321 e. The van der Waals surface area contributed by atoms with Gasteiger partial charge in [0.15, 0.2) is 11.2 Å². The van der Waals surface area contributed by atoms with Gasteiger partial charge in [-0.05, 0) is 6.92 Å². The molecule has 0 aromatic carbocycles. The normalized spacial score (nSPS) is 12.8. The molecule has 6 nitrogen and oxygen atoms in total. The van der Waals surface area contributed by atoms with E-state index >= 15 is 0 Å². The highest BCUT2D eigenvalue weighted by molar-refractivity contribution is 7.99. The van der Waals surface area contributed by atoms with Crippen LogP contribution in [-0.4, -0.2) is 38.5 Å². The van der Waals surface area contributed by atoms with Crippen molar-refractivity contribution in [3.8, 4) is 0 Å². The number of aliphatic carboxylic acids is 1. The molecule has 0 radical (unpaired) electrons. The van der Waals surface area contributed by atoms with Crippen molar-refractivity contribution in [3.05, 3.63) is 16.8 Å². The maximum Gasteiger partial charge on any atom is 0.321 e. The van der Waals surface area contributed by atoms with Gasteiger partial charge in [0.25, 0.3) is 0 Å². The molecule has 0 fully saturated rings. The van der Waals surface area contributed by atoms with Crippen LogP contribution in [0.25, 0.3) is 4.96 Å². The van der Waals surface area contributed by atoms with Crippen LogP contribution in [-0.2, 0) is 4.79 Å². The third-order valence-electron chi connectivity index (χ3n) is 2.36. The molecule has 3 N–H and O–H groups in total. The number of thiazole rings is 1. The predicted molar refractivity (Wildman–Crippen MR) is 69.5 cm³/mol. The van der Waals surface area contributed by atoms with Crippen LogP contribution in [0, 0.1) is 6.92 Å². The van der Waals surface area contributed by atoms with Crippen molar-refractivity contribution in [3.63, 3.8) is 0 Å². The molecule has 0 aliphatic carbocycles. The second-order valence-corrected chi connectivity index (χ2v) is 5.52. The molecular weight excluding hydrogens is 274 g/mol. The van der Waals surface area contributed by atoms with Crippen LogP contribution < -0.4 is 5.73 Å². The van der Waals surface area contributed by atoms with Crippen LogP contribution in [0.15, 0.2) is 10.4 Å². The summed E-state index contributed by atoms with van der Waals surface area (Å²) in [5.74, 6) is -0.882. The number of carboxylic acids is 1. The van der Waals surface area contributed by atoms with Gasteiger partial charge < -0.3 is 10.8 Å². The zero-order valence-electron chi connectivity index (χ0n) is 9.49. The van der Waals surface area contributed by atoms with E-state index in [0.717, 1.165) is 16.9 Å². The van der Waals surface area contributed by atoms with Crippen molar-refractivity contribution in [2.24, 2.45) is 5.73 Å². The highest BCUT2D eigenvalue weighted by Gasteiger charge is 2.18. The number of nitrogens with two attached hydrogens (primary N) is 1. The monoisotopic (exact) mass is 285 g/mol. The summed E-state index contributed by atoms with van der Waals surface area (Å²) in [5, 5.41) is 11.1. The van der Waals surface area contributed by atoms with Crippen molar-refractivity contribution in [2.45, 2.75) is 18.0 Å². The van der Waals surface area contributed by atoms with Gasteiger partial charge in [-0.3, -0.25) is 14.0 Å². The molecule has 0 saturated heterocycles. The highest BCUT2D eigenvalue weighted by atomic mass is 32.2. The number of carbonyl (C=O) groups excluding carboxylic acids is 1. The van der Waals surface area contributed by atoms with Gasteiger partial charge in [0, 0.05) is 16.8 Å². The van der Waals surface area contributed by atoms with E-state index in [1.807, 2.05) is 12.3 Å². The number of carboxylic acid groups (broad SMARTS) is 1. The van der Waals surface area contributed by atoms with Crippen LogP contribution >= 0.6 is 23.1 Å². The summed E-state index contributed by atoms with van der Waals surface area (Å²) in [6.45, 7) is 1.88. The number of aryl methyl sites for hydroxylation is 1. The first-order valence-corrected chi connectivity index (χ1v) is 6.94. The van der Waals surface area contributed by atoms with Gasteiger partial charge in [-0.1, -0.05) is 0 Å². The number of hydrogen-bond acceptors (Lipinski definition) is 6. The Bertz CT molecular complexity index is 605. The molecule has 0 amide bonds. The molecule has 2 heterocycles. The minimum absolute atomic E-state index is 0.181. The maximum atomic E-state index is 11.1. The van der Waals surface area contributed by atoms with E-state index in [2.05, 4.69) is 4.98 Å². The molecule has 0 spiro atoms. The van der Waals surface area contributed by atoms with Crippen LogP contribution in [0.3, 0.4) is 0 Å². The van der Waals surface area contributed by atoms with E-state index in [9.17, 15) is 9.59 Å². The minimum Gasteiger partial charge on any atom is -0.480 e. The predicted octanol–water partition coefficient (Wildman–Crippen LogP) is 1.02. The Balaban J connectivity index is 2.28. The summed E-state index contributed by atoms with van der Waals surface area (Å²) in [5.41, 5.74) is 6.79. The second kappa shape index (κ2) is 5.09. The molecule has 2 aromatic rings. The first-order valence-electron chi connectivity index (χ1n) is 5.07. The summed E-state index contributed by atoms with van der Waals surface area (Å²) in [7, 11) is 0. The average Bonchev–Trinajstić information content (AvgIpc) is 2.86. The summed E-state index contributed by atoms with van der Waals surface area (Å²) >= 11 is 2.62. The summed E-state index contributed by atoms with van der Waals surface area (Å²) in [6.07, 6.45) is 0.731. The SMILES string of the molecule is Cc1csc2nc(SCC(N)C(=O)O)c(C=O)n12. The van der Waals surface area contributed by atoms with Crippen LogP contribution in [0.1, 0.15) is 16.2 Å². The first-order chi connectivity index (χ1) is 8.54. The van der Waals surface area contributed by atoms with Crippen molar-refractivity contribution >= 4 is 40.3 Å². The molecule has 0 aliphatic rings. The molecule has 1 unspecified atom stereocenters. The fourth-order valence-electron chi connectivity index (χ4n) is 1.45. The number of nitrogens with zero attached hydrogens (tertiary/aromatic N) is 2. The van der Waals surface area contributed by atoms with Gasteiger partial charge >= 0.3 is 5.97 Å². The summed E-state index contributed by atoms with van der Waals surface area (Å²) in [4.78, 5) is 26.8. The summed E-state index contributed by atoms with van der Waals surface area (Å²) < 4.78 is 1.76. The Hall–Kier alpha value is -1.38. The number of aromatic nitrogens is 2. The van der Waals surface area contributed by atoms with Crippen molar-refractivity contribution in [1.82, 2.24) is 9.38 Å². The van der Waals surface area contributed by atoms with Crippen LogP contribution in [0.4, 0.5) is 0 Å². The largest absolute Gasteiger partial charge is 0.480 e. The van der Waals surface area contributed by atoms with E-state index in [1.54, 1.807) is 4.40 Å². The fraction of sp³-hybridized carbons (Fsp3) is 0.300. The number of fused-ring (bicyclic) bond motifs is 1. The van der Waals surface area contributed by atoms with Crippen molar-refractivity contribution < 1.29 is 14.7 Å². The average molecular weight is 285 g/mol. The third-order valence-corrected chi connectivity index (χ3v) is 4.41. The van der Waals surface area contributed by atoms with Gasteiger partial charge in [-0.2, -0.15) is 0 Å². The maximum absolute atomic E-state index is 11.1. The lowest BCUT2D eigenvalue weighted by Crippen LogP contribution is -2.32. The van der Waals surface area contributed by atoms with Crippen LogP contribution in [0.2, 0.25) is 0 Å². The number of imidazole rings is 1. The number of aldehydes is 1. The molecule has 0 aliphatic heterocycles. The molecule has 2 aromatic heterocycles. The zero-order valence-corrected chi connectivity index (χ0v) is 11.1. The number of carbonyl (C=O) groups is 2. The van der Waals surface area contributed by atoms with Crippen molar-refractivity contribution in [1.29, 1.82) is 0 Å². The molecular formula is C10H11N3O3S2. The Morgan fingerprint density at radius 2 is 2.50 bits per heavy atom. The third kappa shape index (κ3) is 2.26. The Morgan fingerprint density at radius 1 is 1.78 bits per heavy atom. The standard InChI is InChI=1S/C10H11N3O3S2/c1-5-3-18-10-12-8(7(2-14)13(5)10)17-4-6(11)9(15)16/h2-3,6H,4,11H2,1H3,(H,15,16). The molecule has 2 rings (SSSR count). The number of thioether (sulfide) groups is 1. The lowest BCUT2D eigenvalue weighted by Gasteiger charge is -2.04. The molecule has 0 saturated carbocycles. The van der Waals surface area contributed by atoms with Gasteiger partial charge in [0.1, 0.15) is 16.8 Å². The molecule has 8 heteroatoms. The highest BCUT2D eigenvalue weighted by Crippen LogP contribution is 2.26. The van der Waals surface area contributed by atoms with E-state index in [1.165, 1.54) is 23.1 Å². The Kier molecular flexibility index (Phi) is 3.69. The molecule has 96 valence electrons. The topological polar surface area (TPSA) is 97.7 Å². The quantitative estimate of drug-likeness (QED) is 0.629. The fourth-order valence-corrected chi connectivity index (χ4v) is 3.30. The van der Waals surface area contributed by atoms with Gasteiger partial charge in [-0.15, -0.1) is 23.1 Å². The second-order valence-electron chi connectivity index (χ2n) is 3.67. The van der Waals surface area contributed by atoms with E-state index < -0.39 is 12.0 Å². The zero-order chi connectivity index (χ0) is 13.3. The van der Waals surface area contributed by atoms with Gasteiger partial charge in [-0.25, -0.2) is 4.98 Å². The van der Waals surface area contributed by atoms with Crippen molar-refractivity contribution in [2.75, 3.05) is 5.75 Å². The molecule has 18 heavy (non-hydrogen) atoms. The van der Waals surface area contributed by atoms with E-state index in [0.29, 0.717) is 10.7 Å². The molecule has 0 bridgehead atoms. The Morgan fingerprint density at radius 3 is 3.11 bits per heavy atom. The van der Waals surface area contributed by atoms with E-state index in [4.69, 9.17) is 10.8 Å². The number of rotatable bonds is 5. The number of hydrogen-bond donors (Lipinski definition) is 2. The van der Waals surface area contributed by atoms with Gasteiger partial charge in [0.05, 0.1) is 0 Å². The van der Waals surface area contributed by atoms with Gasteiger partial charge in [0.2, 0.25) is 0 Å². The lowest BCUT2D eigenvalue weighted by atomic mass is 10.4. The first kappa shape index (κ1) is 13.1. The van der Waals surface area contributed by atoms with Crippen LogP contribution in [0.5, 0.6) is 0 Å². The minimum atomic E-state index is -1.06. The Labute approximate surface area is 111 Å². The lowest BCUT2D eigenvalue weighted by molar-refractivity contribution is -0.137. The molecule has 1 atom stereocenters. The summed E-state index contributed by atoms with van der Waals surface area (Å²) in [6, 6.07) is -0.963.